The molecule has 0 aliphatic rings. The number of hydrogen-bond donors (Lipinski definition) is 1. The van der Waals surface area contributed by atoms with Crippen LogP contribution in [0.5, 0.6) is 0 Å². The van der Waals surface area contributed by atoms with E-state index in [1.807, 2.05) is 31.2 Å². The fraction of sp³-hybridized carbons (Fsp3) is 0.176. The number of thiazole rings is 1. The molecule has 0 atom stereocenters. The molecule has 1 aromatic heterocycles. The fourth-order valence-electron chi connectivity index (χ4n) is 2.27. The zero-order chi connectivity index (χ0) is 15.0. The highest BCUT2D eigenvalue weighted by Crippen LogP contribution is 2.29. The van der Waals surface area contributed by atoms with Crippen LogP contribution < -0.4 is 5.32 Å². The predicted molar refractivity (Wildman–Crippen MR) is 88.2 cm³/mol. The van der Waals surface area contributed by atoms with Gasteiger partial charge in [0, 0.05) is 5.56 Å². The normalized spacial score (nSPS) is 10.8. The molecule has 2 aromatic carbocycles. The number of aryl methyl sites for hydroxylation is 3. The van der Waals surface area contributed by atoms with Crippen molar-refractivity contribution in [3.8, 4) is 0 Å². The zero-order valence-electron chi connectivity index (χ0n) is 12.2. The van der Waals surface area contributed by atoms with Crippen LogP contribution in [0.3, 0.4) is 0 Å². The first-order chi connectivity index (χ1) is 10.1. The van der Waals surface area contributed by atoms with E-state index in [4.69, 9.17) is 0 Å². The summed E-state index contributed by atoms with van der Waals surface area (Å²) in [6.45, 7) is 6.06. The maximum atomic E-state index is 12.3. The van der Waals surface area contributed by atoms with Gasteiger partial charge in [-0.2, -0.15) is 0 Å². The SMILES string of the molecule is Cc1ccccc1C(=O)Nc1nc2c(C)c(C)ccc2s1. The quantitative estimate of drug-likeness (QED) is 0.758. The first-order valence-corrected chi connectivity index (χ1v) is 7.61. The van der Waals surface area contributed by atoms with Crippen LogP contribution in [0.15, 0.2) is 36.4 Å². The molecule has 3 aromatic rings. The van der Waals surface area contributed by atoms with E-state index in [2.05, 4.69) is 36.3 Å². The molecule has 0 saturated carbocycles. The van der Waals surface area contributed by atoms with Gasteiger partial charge in [-0.15, -0.1) is 0 Å². The molecule has 0 saturated heterocycles. The molecule has 4 heteroatoms. The first kappa shape index (κ1) is 13.8. The lowest BCUT2D eigenvalue weighted by Crippen LogP contribution is -2.12. The molecule has 0 unspecified atom stereocenters. The summed E-state index contributed by atoms with van der Waals surface area (Å²) in [7, 11) is 0. The van der Waals surface area contributed by atoms with E-state index in [9.17, 15) is 4.79 Å². The second kappa shape index (κ2) is 5.30. The van der Waals surface area contributed by atoms with Crippen molar-refractivity contribution in [3.05, 3.63) is 58.7 Å². The molecule has 0 aliphatic carbocycles. The van der Waals surface area contributed by atoms with Gasteiger partial charge in [0.05, 0.1) is 10.2 Å². The smallest absolute Gasteiger partial charge is 0.257 e. The molecule has 0 aliphatic heterocycles. The summed E-state index contributed by atoms with van der Waals surface area (Å²) in [5.74, 6) is -0.110. The van der Waals surface area contributed by atoms with Gasteiger partial charge in [-0.1, -0.05) is 35.6 Å². The van der Waals surface area contributed by atoms with E-state index in [-0.39, 0.29) is 5.91 Å². The Morgan fingerprint density at radius 3 is 2.57 bits per heavy atom. The van der Waals surface area contributed by atoms with Crippen molar-refractivity contribution in [2.75, 3.05) is 5.32 Å². The Labute approximate surface area is 127 Å². The molecule has 0 bridgehead atoms. The summed E-state index contributed by atoms with van der Waals surface area (Å²) in [6, 6.07) is 11.7. The Bertz CT molecular complexity index is 836. The summed E-state index contributed by atoms with van der Waals surface area (Å²) < 4.78 is 1.10. The highest BCUT2D eigenvalue weighted by molar-refractivity contribution is 7.22. The van der Waals surface area contributed by atoms with Gasteiger partial charge in [-0.05, 0) is 49.6 Å². The van der Waals surface area contributed by atoms with Crippen LogP contribution in [0.2, 0.25) is 0 Å². The highest BCUT2D eigenvalue weighted by atomic mass is 32.1. The van der Waals surface area contributed by atoms with Crippen LogP contribution in [0.1, 0.15) is 27.0 Å². The van der Waals surface area contributed by atoms with Gasteiger partial charge in [0.25, 0.3) is 5.91 Å². The lowest BCUT2D eigenvalue weighted by atomic mass is 10.1. The second-order valence-electron chi connectivity index (χ2n) is 5.14. The lowest BCUT2D eigenvalue weighted by Gasteiger charge is -2.04. The molecular weight excluding hydrogens is 280 g/mol. The number of anilines is 1. The monoisotopic (exact) mass is 296 g/mol. The number of carbonyl (C=O) groups is 1. The van der Waals surface area contributed by atoms with E-state index < -0.39 is 0 Å². The Morgan fingerprint density at radius 1 is 1.05 bits per heavy atom. The first-order valence-electron chi connectivity index (χ1n) is 6.80. The van der Waals surface area contributed by atoms with Gasteiger partial charge in [0.2, 0.25) is 0 Å². The minimum absolute atomic E-state index is 0.110. The van der Waals surface area contributed by atoms with Crippen LogP contribution in [-0.2, 0) is 0 Å². The number of carbonyl (C=O) groups excluding carboxylic acids is 1. The number of nitrogens with one attached hydrogen (secondary N) is 1. The molecule has 1 N–H and O–H groups in total. The maximum absolute atomic E-state index is 12.3. The summed E-state index contributed by atoms with van der Waals surface area (Å²) >= 11 is 1.51. The summed E-state index contributed by atoms with van der Waals surface area (Å²) in [5.41, 5.74) is 5.00. The Kier molecular flexibility index (Phi) is 3.47. The second-order valence-corrected chi connectivity index (χ2v) is 6.17. The summed E-state index contributed by atoms with van der Waals surface area (Å²) in [5, 5.41) is 3.55. The number of fused-ring (bicyclic) bond motifs is 1. The third kappa shape index (κ3) is 2.54. The minimum Gasteiger partial charge on any atom is -0.298 e. The van der Waals surface area contributed by atoms with Crippen LogP contribution in [0.4, 0.5) is 5.13 Å². The van der Waals surface area contributed by atoms with Gasteiger partial charge in [0.15, 0.2) is 5.13 Å². The van der Waals surface area contributed by atoms with Crippen LogP contribution in [0.25, 0.3) is 10.2 Å². The molecular formula is C17H16N2OS. The zero-order valence-corrected chi connectivity index (χ0v) is 13.0. The maximum Gasteiger partial charge on any atom is 0.257 e. The van der Waals surface area contributed by atoms with E-state index in [0.29, 0.717) is 10.7 Å². The van der Waals surface area contributed by atoms with Crippen LogP contribution in [-0.4, -0.2) is 10.9 Å². The number of hydrogen-bond acceptors (Lipinski definition) is 3. The topological polar surface area (TPSA) is 42.0 Å². The molecule has 3 rings (SSSR count). The molecule has 0 fully saturated rings. The van der Waals surface area contributed by atoms with Crippen LogP contribution >= 0.6 is 11.3 Å². The van der Waals surface area contributed by atoms with Crippen molar-refractivity contribution in [3.63, 3.8) is 0 Å². The number of benzene rings is 2. The number of aromatic nitrogens is 1. The van der Waals surface area contributed by atoms with Gasteiger partial charge < -0.3 is 0 Å². The summed E-state index contributed by atoms with van der Waals surface area (Å²) in [4.78, 5) is 16.9. The number of rotatable bonds is 2. The predicted octanol–water partition coefficient (Wildman–Crippen LogP) is 4.47. The van der Waals surface area contributed by atoms with E-state index in [1.165, 1.54) is 22.5 Å². The van der Waals surface area contributed by atoms with E-state index in [1.54, 1.807) is 0 Å². The lowest BCUT2D eigenvalue weighted by molar-refractivity contribution is 0.102. The van der Waals surface area contributed by atoms with Crippen molar-refractivity contribution in [1.82, 2.24) is 4.98 Å². The van der Waals surface area contributed by atoms with Crippen molar-refractivity contribution in [2.45, 2.75) is 20.8 Å². The molecule has 1 heterocycles. The number of nitrogens with zero attached hydrogens (tertiary/aromatic N) is 1. The van der Waals surface area contributed by atoms with Crippen LogP contribution in [0, 0.1) is 20.8 Å². The molecule has 0 radical (unpaired) electrons. The molecule has 21 heavy (non-hydrogen) atoms. The van der Waals surface area contributed by atoms with Gasteiger partial charge >= 0.3 is 0 Å². The van der Waals surface area contributed by atoms with Gasteiger partial charge in [-0.3, -0.25) is 10.1 Å². The Morgan fingerprint density at radius 2 is 1.81 bits per heavy atom. The average Bonchev–Trinajstić information content (AvgIpc) is 2.87. The standard InChI is InChI=1S/C17H16N2OS/c1-10-8-9-14-15(12(10)3)18-17(21-14)19-16(20)13-7-5-4-6-11(13)2/h4-9H,1-3H3,(H,18,19,20). The number of amides is 1. The third-order valence-corrected chi connectivity index (χ3v) is 4.63. The van der Waals surface area contributed by atoms with E-state index in [0.717, 1.165) is 15.8 Å². The van der Waals surface area contributed by atoms with Crippen molar-refractivity contribution in [2.24, 2.45) is 0 Å². The third-order valence-electron chi connectivity index (χ3n) is 3.69. The van der Waals surface area contributed by atoms with Crippen molar-refractivity contribution < 1.29 is 4.79 Å². The van der Waals surface area contributed by atoms with Crippen molar-refractivity contribution in [1.29, 1.82) is 0 Å². The largest absolute Gasteiger partial charge is 0.298 e. The summed E-state index contributed by atoms with van der Waals surface area (Å²) in [6.07, 6.45) is 0. The Balaban J connectivity index is 1.94. The van der Waals surface area contributed by atoms with Gasteiger partial charge in [0.1, 0.15) is 0 Å². The average molecular weight is 296 g/mol. The Hall–Kier alpha value is -2.20. The molecule has 0 spiro atoms. The molecule has 106 valence electrons. The van der Waals surface area contributed by atoms with Gasteiger partial charge in [-0.25, -0.2) is 4.98 Å². The fourth-order valence-corrected chi connectivity index (χ4v) is 3.19. The highest BCUT2D eigenvalue weighted by Gasteiger charge is 2.12. The van der Waals surface area contributed by atoms with E-state index >= 15 is 0 Å². The minimum atomic E-state index is -0.110. The molecule has 1 amide bonds. The van der Waals surface area contributed by atoms with Crippen molar-refractivity contribution >= 4 is 32.6 Å². The molecule has 3 nitrogen and oxygen atoms in total.